The number of aliphatic hydroxyl groups is 1. The average molecular weight is 384 g/mol. The van der Waals surface area contributed by atoms with Gasteiger partial charge in [0.1, 0.15) is 0 Å². The van der Waals surface area contributed by atoms with E-state index in [9.17, 15) is 14.3 Å². The minimum absolute atomic E-state index is 0.170. The zero-order valence-corrected chi connectivity index (χ0v) is 16.3. The van der Waals surface area contributed by atoms with Crippen LogP contribution >= 0.6 is 0 Å². The molecule has 1 unspecified atom stereocenters. The number of carbonyl (C=O) groups is 1. The molecule has 7 heteroatoms. The van der Waals surface area contributed by atoms with Crippen LogP contribution in [0.4, 0.5) is 14.9 Å². The fourth-order valence-corrected chi connectivity index (χ4v) is 4.86. The molecule has 4 rings (SSSR count). The van der Waals surface area contributed by atoms with Crippen molar-refractivity contribution in [1.29, 1.82) is 0 Å². The molecular weight excluding hydrogens is 359 g/mol. The highest BCUT2D eigenvalue weighted by molar-refractivity contribution is 5.92. The third kappa shape index (κ3) is 3.03. The molecule has 0 spiro atoms. The first-order chi connectivity index (χ1) is 13.3. The van der Waals surface area contributed by atoms with E-state index in [1.54, 1.807) is 13.0 Å². The fraction of sp³-hybridized carbons (Fsp3) is 0.476. The van der Waals surface area contributed by atoms with Crippen LogP contribution in [0.15, 0.2) is 30.6 Å². The number of hydrogen-bond donors (Lipinski definition) is 2. The highest BCUT2D eigenvalue weighted by atomic mass is 19.1. The number of halogens is 1. The summed E-state index contributed by atoms with van der Waals surface area (Å²) in [5.74, 6) is 0.414. The summed E-state index contributed by atoms with van der Waals surface area (Å²) in [6.45, 7) is 5.86. The maximum Gasteiger partial charge on any atom is 0.322 e. The summed E-state index contributed by atoms with van der Waals surface area (Å²) in [7, 11) is 0. The molecule has 1 aromatic heterocycles. The van der Waals surface area contributed by atoms with Crippen LogP contribution in [0.2, 0.25) is 0 Å². The number of aliphatic hydroxyl groups excluding tert-OH is 1. The molecule has 2 fully saturated rings. The predicted molar refractivity (Wildman–Crippen MR) is 104 cm³/mol. The third-order valence-corrected chi connectivity index (χ3v) is 6.16. The van der Waals surface area contributed by atoms with Crippen LogP contribution in [0.5, 0.6) is 0 Å². The second-order valence-corrected chi connectivity index (χ2v) is 8.24. The van der Waals surface area contributed by atoms with Crippen molar-refractivity contribution < 1.29 is 14.3 Å². The lowest BCUT2D eigenvalue weighted by Gasteiger charge is -2.64. The number of nitrogens with zero attached hydrogens (tertiary/aromatic N) is 3. The van der Waals surface area contributed by atoms with E-state index < -0.39 is 17.5 Å². The Hall–Kier alpha value is -2.54. The summed E-state index contributed by atoms with van der Waals surface area (Å²) in [5, 5.41) is 13.3. The third-order valence-electron chi connectivity index (χ3n) is 6.16. The van der Waals surface area contributed by atoms with Gasteiger partial charge >= 0.3 is 6.03 Å². The Kier molecular flexibility index (Phi) is 4.57. The summed E-state index contributed by atoms with van der Waals surface area (Å²) in [4.78, 5) is 22.9. The first-order valence-electron chi connectivity index (χ1n) is 9.67. The van der Waals surface area contributed by atoms with Gasteiger partial charge < -0.3 is 15.3 Å². The van der Waals surface area contributed by atoms with Crippen molar-refractivity contribution in [3.05, 3.63) is 42.0 Å². The number of carbonyl (C=O) groups excluding carboxylic acids is 1. The van der Waals surface area contributed by atoms with Crippen molar-refractivity contribution in [2.24, 2.45) is 5.92 Å². The number of fused-ring (bicyclic) bond motifs is 2. The van der Waals surface area contributed by atoms with E-state index in [1.165, 1.54) is 0 Å². The van der Waals surface area contributed by atoms with Gasteiger partial charge in [-0.3, -0.25) is 0 Å². The van der Waals surface area contributed by atoms with Gasteiger partial charge in [-0.2, -0.15) is 0 Å². The first kappa shape index (κ1) is 18.8. The number of anilines is 1. The van der Waals surface area contributed by atoms with Gasteiger partial charge in [-0.25, -0.2) is 19.2 Å². The van der Waals surface area contributed by atoms with Crippen LogP contribution in [-0.2, 0) is 0 Å². The van der Waals surface area contributed by atoms with Gasteiger partial charge in [0.25, 0.3) is 0 Å². The van der Waals surface area contributed by atoms with E-state index in [4.69, 9.17) is 0 Å². The number of aromatic nitrogens is 2. The molecular formula is C21H25FN4O2. The van der Waals surface area contributed by atoms with E-state index in [1.807, 2.05) is 24.0 Å². The Morgan fingerprint density at radius 3 is 2.75 bits per heavy atom. The molecule has 3 heterocycles. The number of aryl methyl sites for hydroxylation is 1. The van der Waals surface area contributed by atoms with Crippen molar-refractivity contribution >= 4 is 11.7 Å². The lowest BCUT2D eigenvalue weighted by Crippen LogP contribution is -2.76. The van der Waals surface area contributed by atoms with Crippen molar-refractivity contribution in [2.45, 2.75) is 57.7 Å². The monoisotopic (exact) mass is 384 g/mol. The fourth-order valence-electron chi connectivity index (χ4n) is 4.86. The van der Waals surface area contributed by atoms with Gasteiger partial charge in [-0.1, -0.05) is 13.0 Å². The Morgan fingerprint density at radius 2 is 2.07 bits per heavy atom. The molecule has 2 amide bonds. The normalized spacial score (nSPS) is 27.1. The highest BCUT2D eigenvalue weighted by Crippen LogP contribution is 2.51. The number of piperidine rings is 1. The molecule has 0 saturated carbocycles. The molecule has 0 radical (unpaired) electrons. The number of nitrogens with one attached hydrogen (secondary N) is 1. The van der Waals surface area contributed by atoms with Gasteiger partial charge in [-0.05, 0) is 56.7 Å². The number of amides is 2. The van der Waals surface area contributed by atoms with E-state index in [-0.39, 0.29) is 12.1 Å². The Bertz CT molecular complexity index is 902. The quantitative estimate of drug-likeness (QED) is 0.845. The second kappa shape index (κ2) is 6.81. The molecule has 1 aromatic carbocycles. The summed E-state index contributed by atoms with van der Waals surface area (Å²) in [5.41, 5.74) is 1.82. The Balaban J connectivity index is 1.57. The van der Waals surface area contributed by atoms with Crippen molar-refractivity contribution in [3.63, 3.8) is 0 Å². The van der Waals surface area contributed by atoms with Crippen molar-refractivity contribution in [1.82, 2.24) is 14.9 Å². The molecule has 4 atom stereocenters. The zero-order valence-electron chi connectivity index (χ0n) is 16.3. The molecule has 2 aliphatic heterocycles. The number of urea groups is 1. The van der Waals surface area contributed by atoms with Crippen molar-refractivity contribution in [2.75, 3.05) is 5.32 Å². The van der Waals surface area contributed by atoms with Gasteiger partial charge in [0.2, 0.25) is 0 Å². The van der Waals surface area contributed by atoms with E-state index >= 15 is 0 Å². The van der Waals surface area contributed by atoms with Crippen LogP contribution in [0.1, 0.15) is 38.7 Å². The highest BCUT2D eigenvalue weighted by Gasteiger charge is 2.60. The molecule has 148 valence electrons. The molecule has 2 bridgehead atoms. The topological polar surface area (TPSA) is 78.4 Å². The van der Waals surface area contributed by atoms with Crippen LogP contribution in [0, 0.1) is 18.7 Å². The molecule has 2 aromatic rings. The summed E-state index contributed by atoms with van der Waals surface area (Å²) < 4.78 is 13.1. The zero-order chi connectivity index (χ0) is 20.1. The van der Waals surface area contributed by atoms with E-state index in [2.05, 4.69) is 22.2 Å². The molecule has 2 saturated heterocycles. The predicted octanol–water partition coefficient (Wildman–Crippen LogP) is 3.75. The second-order valence-electron chi connectivity index (χ2n) is 8.24. The summed E-state index contributed by atoms with van der Waals surface area (Å²) in [6, 6.07) is 5.48. The van der Waals surface area contributed by atoms with Crippen LogP contribution < -0.4 is 5.32 Å². The van der Waals surface area contributed by atoms with E-state index in [0.29, 0.717) is 17.4 Å². The standard InChI is InChI=1S/C21H25FN4O2/c1-12-6-17-9-21(8-12,14(3)27)26(17)20(28)25-16-5-4-13(2)18(7-16)19-23-10-15(22)11-24-19/h4-5,7,10-12,14,17,27H,6,8-9H2,1-3H3,(H,25,28)/t12-,14?,17-,21+/m0/s1. The lowest BCUT2D eigenvalue weighted by atomic mass is 9.62. The number of hydrogen-bond acceptors (Lipinski definition) is 4. The molecule has 0 aliphatic carbocycles. The van der Waals surface area contributed by atoms with Gasteiger partial charge in [-0.15, -0.1) is 0 Å². The van der Waals surface area contributed by atoms with Crippen LogP contribution in [-0.4, -0.2) is 43.7 Å². The molecule has 2 N–H and O–H groups in total. The van der Waals surface area contributed by atoms with Crippen molar-refractivity contribution in [3.8, 4) is 11.4 Å². The maximum atomic E-state index is 13.1. The Morgan fingerprint density at radius 1 is 1.36 bits per heavy atom. The SMILES string of the molecule is Cc1ccc(NC(=O)N2[C@H]3C[C@H](C)C[C@]2(C(C)O)C3)cc1-c1ncc(F)cn1. The molecule has 28 heavy (non-hydrogen) atoms. The van der Waals surface area contributed by atoms with Gasteiger partial charge in [0.05, 0.1) is 24.0 Å². The van der Waals surface area contributed by atoms with Gasteiger partial charge in [0.15, 0.2) is 11.6 Å². The first-order valence-corrected chi connectivity index (χ1v) is 9.67. The maximum absolute atomic E-state index is 13.1. The molecule has 6 nitrogen and oxygen atoms in total. The minimum Gasteiger partial charge on any atom is -0.391 e. The average Bonchev–Trinajstić information content (AvgIpc) is 2.63. The number of benzene rings is 1. The summed E-state index contributed by atoms with van der Waals surface area (Å²) >= 11 is 0. The molecule has 2 aliphatic rings. The smallest absolute Gasteiger partial charge is 0.322 e. The Labute approximate surface area is 163 Å². The minimum atomic E-state index is -0.571. The number of rotatable bonds is 3. The van der Waals surface area contributed by atoms with E-state index in [0.717, 1.165) is 42.8 Å². The summed E-state index contributed by atoms with van der Waals surface area (Å²) in [6.07, 6.45) is 4.31. The largest absolute Gasteiger partial charge is 0.391 e. The lowest BCUT2D eigenvalue weighted by molar-refractivity contribution is -0.146. The van der Waals surface area contributed by atoms with Gasteiger partial charge in [0, 0.05) is 17.3 Å². The van der Waals surface area contributed by atoms with Crippen LogP contribution in [0.3, 0.4) is 0 Å². The van der Waals surface area contributed by atoms with Crippen LogP contribution in [0.25, 0.3) is 11.4 Å².